The van der Waals surface area contributed by atoms with Gasteiger partial charge in [-0.25, -0.2) is 5.84 Å². The van der Waals surface area contributed by atoms with E-state index in [9.17, 15) is 9.59 Å². The van der Waals surface area contributed by atoms with Crippen LogP contribution in [0.4, 0.5) is 5.00 Å². The van der Waals surface area contributed by atoms with E-state index in [0.717, 1.165) is 23.4 Å². The number of rotatable bonds is 6. The first kappa shape index (κ1) is 16.2. The van der Waals surface area contributed by atoms with Gasteiger partial charge in [-0.1, -0.05) is 24.3 Å². The van der Waals surface area contributed by atoms with Crippen molar-refractivity contribution in [2.75, 3.05) is 5.32 Å². The zero-order valence-electron chi connectivity index (χ0n) is 12.4. The Balaban J connectivity index is 1.87. The van der Waals surface area contributed by atoms with Crippen molar-refractivity contribution in [2.24, 2.45) is 5.84 Å². The second-order valence-corrected chi connectivity index (χ2v) is 6.18. The molecule has 0 bridgehead atoms. The average molecular weight is 317 g/mol. The third-order valence-corrected chi connectivity index (χ3v) is 4.23. The Labute approximate surface area is 133 Å². The molecule has 0 saturated heterocycles. The summed E-state index contributed by atoms with van der Waals surface area (Å²) in [5, 5.41) is 3.67. The Kier molecular flexibility index (Phi) is 5.68. The normalized spacial score (nSPS) is 10.3. The van der Waals surface area contributed by atoms with E-state index in [0.29, 0.717) is 6.42 Å². The van der Waals surface area contributed by atoms with Crippen molar-refractivity contribution in [3.63, 3.8) is 0 Å². The van der Waals surface area contributed by atoms with Crippen molar-refractivity contribution >= 4 is 28.2 Å². The van der Waals surface area contributed by atoms with Crippen molar-refractivity contribution in [3.05, 3.63) is 52.4 Å². The molecule has 0 unspecified atom stereocenters. The van der Waals surface area contributed by atoms with Gasteiger partial charge >= 0.3 is 0 Å². The van der Waals surface area contributed by atoms with Gasteiger partial charge in [-0.2, -0.15) is 0 Å². The van der Waals surface area contributed by atoms with E-state index in [1.807, 2.05) is 36.4 Å². The summed E-state index contributed by atoms with van der Waals surface area (Å²) in [7, 11) is 0. The van der Waals surface area contributed by atoms with Gasteiger partial charge < -0.3 is 5.32 Å². The lowest BCUT2D eigenvalue weighted by Gasteiger charge is -2.03. The molecule has 1 heterocycles. The van der Waals surface area contributed by atoms with Gasteiger partial charge in [0.15, 0.2) is 0 Å². The zero-order chi connectivity index (χ0) is 15.9. The zero-order valence-corrected chi connectivity index (χ0v) is 13.2. The van der Waals surface area contributed by atoms with Crippen LogP contribution in [0.15, 0.2) is 36.4 Å². The molecule has 2 aromatic rings. The molecule has 22 heavy (non-hydrogen) atoms. The van der Waals surface area contributed by atoms with E-state index >= 15 is 0 Å². The number of anilines is 1. The molecule has 0 aliphatic carbocycles. The average Bonchev–Trinajstić information content (AvgIpc) is 2.93. The van der Waals surface area contributed by atoms with Gasteiger partial charge in [0, 0.05) is 11.8 Å². The molecule has 4 N–H and O–H groups in total. The fourth-order valence-corrected chi connectivity index (χ4v) is 3.03. The Hall–Kier alpha value is -2.18. The third-order valence-electron chi connectivity index (χ3n) is 3.17. The van der Waals surface area contributed by atoms with Crippen LogP contribution >= 0.6 is 11.3 Å². The SMILES string of the molecule is CC(=O)Nc1ccc(CCc2ccc(CC(=O)NN)cc2)s1. The number of nitrogens with two attached hydrogens (primary N) is 1. The van der Waals surface area contributed by atoms with Crippen molar-refractivity contribution < 1.29 is 9.59 Å². The van der Waals surface area contributed by atoms with Gasteiger partial charge in [-0.3, -0.25) is 15.0 Å². The van der Waals surface area contributed by atoms with E-state index in [4.69, 9.17) is 5.84 Å². The molecule has 0 fully saturated rings. The van der Waals surface area contributed by atoms with Gasteiger partial charge in [0.25, 0.3) is 0 Å². The number of aryl methyl sites for hydroxylation is 2. The van der Waals surface area contributed by atoms with Crippen LogP contribution in [0.2, 0.25) is 0 Å². The van der Waals surface area contributed by atoms with Crippen LogP contribution in [0.25, 0.3) is 0 Å². The predicted molar refractivity (Wildman–Crippen MR) is 88.5 cm³/mol. The lowest BCUT2D eigenvalue weighted by atomic mass is 10.1. The first-order chi connectivity index (χ1) is 10.6. The van der Waals surface area contributed by atoms with Crippen LogP contribution < -0.4 is 16.6 Å². The molecule has 5 nitrogen and oxygen atoms in total. The number of hydrazine groups is 1. The Morgan fingerprint density at radius 3 is 2.36 bits per heavy atom. The van der Waals surface area contributed by atoms with E-state index in [-0.39, 0.29) is 11.8 Å². The van der Waals surface area contributed by atoms with E-state index in [2.05, 4.69) is 10.7 Å². The summed E-state index contributed by atoms with van der Waals surface area (Å²) in [6.07, 6.45) is 2.14. The predicted octanol–water partition coefficient (Wildman–Crippen LogP) is 2.02. The highest BCUT2D eigenvalue weighted by atomic mass is 32.1. The Morgan fingerprint density at radius 2 is 1.73 bits per heavy atom. The van der Waals surface area contributed by atoms with E-state index < -0.39 is 0 Å². The lowest BCUT2D eigenvalue weighted by Crippen LogP contribution is -2.31. The van der Waals surface area contributed by atoms with Gasteiger partial charge in [0.1, 0.15) is 0 Å². The van der Waals surface area contributed by atoms with Crippen molar-refractivity contribution in [1.82, 2.24) is 5.43 Å². The molecule has 2 rings (SSSR count). The number of thiophene rings is 1. The number of amides is 2. The van der Waals surface area contributed by atoms with Gasteiger partial charge in [-0.15, -0.1) is 11.3 Å². The Bertz CT molecular complexity index is 650. The summed E-state index contributed by atoms with van der Waals surface area (Å²) in [4.78, 5) is 23.4. The lowest BCUT2D eigenvalue weighted by molar-refractivity contribution is -0.120. The summed E-state index contributed by atoms with van der Waals surface area (Å²) in [5.74, 6) is 4.82. The number of carbonyl (C=O) groups is 2. The molecule has 116 valence electrons. The summed E-state index contributed by atoms with van der Waals surface area (Å²) in [6.45, 7) is 1.51. The molecule has 1 aromatic carbocycles. The van der Waals surface area contributed by atoms with Gasteiger partial charge in [0.05, 0.1) is 11.4 Å². The molecule has 0 atom stereocenters. The van der Waals surface area contributed by atoms with E-state index in [1.54, 1.807) is 11.3 Å². The molecule has 0 saturated carbocycles. The maximum Gasteiger partial charge on any atom is 0.238 e. The Morgan fingerprint density at radius 1 is 1.05 bits per heavy atom. The molecule has 0 spiro atoms. The van der Waals surface area contributed by atoms with Crippen molar-refractivity contribution in [3.8, 4) is 0 Å². The van der Waals surface area contributed by atoms with Crippen molar-refractivity contribution in [2.45, 2.75) is 26.2 Å². The van der Waals surface area contributed by atoms with Crippen LogP contribution in [0, 0.1) is 0 Å². The van der Waals surface area contributed by atoms with Crippen LogP contribution in [0.5, 0.6) is 0 Å². The molecule has 1 aromatic heterocycles. The smallest absolute Gasteiger partial charge is 0.238 e. The van der Waals surface area contributed by atoms with Crippen LogP contribution in [-0.4, -0.2) is 11.8 Å². The minimum atomic E-state index is -0.197. The number of nitrogens with one attached hydrogen (secondary N) is 2. The minimum Gasteiger partial charge on any atom is -0.318 e. The van der Waals surface area contributed by atoms with Crippen LogP contribution in [0.1, 0.15) is 22.9 Å². The van der Waals surface area contributed by atoms with E-state index in [1.165, 1.54) is 17.4 Å². The topological polar surface area (TPSA) is 84.2 Å². The standard InChI is InChI=1S/C16H19N3O2S/c1-11(20)18-16-9-8-14(22-16)7-6-12-2-4-13(5-3-12)10-15(21)19-17/h2-5,8-9H,6-7,10,17H2,1H3,(H,18,20)(H,19,21). The molecule has 0 aliphatic rings. The van der Waals surface area contributed by atoms with Crippen LogP contribution in [0.3, 0.4) is 0 Å². The summed E-state index contributed by atoms with van der Waals surface area (Å²) < 4.78 is 0. The first-order valence-corrected chi connectivity index (χ1v) is 7.82. The van der Waals surface area contributed by atoms with Crippen LogP contribution in [-0.2, 0) is 28.9 Å². The highest BCUT2D eigenvalue weighted by Crippen LogP contribution is 2.23. The van der Waals surface area contributed by atoms with Gasteiger partial charge in [-0.05, 0) is 36.1 Å². The molecule has 0 radical (unpaired) electrons. The largest absolute Gasteiger partial charge is 0.318 e. The number of hydrogen-bond donors (Lipinski definition) is 3. The maximum atomic E-state index is 11.2. The summed E-state index contributed by atoms with van der Waals surface area (Å²) >= 11 is 1.60. The highest BCUT2D eigenvalue weighted by Gasteiger charge is 2.04. The monoisotopic (exact) mass is 317 g/mol. The maximum absolute atomic E-state index is 11.2. The molecular weight excluding hydrogens is 298 g/mol. The third kappa shape index (κ3) is 4.98. The number of hydrogen-bond acceptors (Lipinski definition) is 4. The second kappa shape index (κ2) is 7.72. The molecule has 6 heteroatoms. The number of carbonyl (C=O) groups excluding carboxylic acids is 2. The minimum absolute atomic E-state index is 0.0505. The van der Waals surface area contributed by atoms with Gasteiger partial charge in [0.2, 0.25) is 11.8 Å². The molecular formula is C16H19N3O2S. The second-order valence-electron chi connectivity index (χ2n) is 5.01. The number of benzene rings is 1. The molecule has 2 amide bonds. The van der Waals surface area contributed by atoms with Crippen molar-refractivity contribution in [1.29, 1.82) is 0 Å². The molecule has 0 aliphatic heterocycles. The fraction of sp³-hybridized carbons (Fsp3) is 0.250. The fourth-order valence-electron chi connectivity index (χ4n) is 2.08. The first-order valence-electron chi connectivity index (χ1n) is 7.00. The quantitative estimate of drug-likeness (QED) is 0.433. The summed E-state index contributed by atoms with van der Waals surface area (Å²) in [6, 6.07) is 11.9. The highest BCUT2D eigenvalue weighted by molar-refractivity contribution is 7.16. The summed E-state index contributed by atoms with van der Waals surface area (Å²) in [5.41, 5.74) is 4.28.